The first-order valence-electron chi connectivity index (χ1n) is 9.84. The van der Waals surface area contributed by atoms with Crippen LogP contribution >= 0.6 is 0 Å². The summed E-state index contributed by atoms with van der Waals surface area (Å²) in [6, 6.07) is 5.33. The maximum absolute atomic E-state index is 12.4. The van der Waals surface area contributed by atoms with Crippen molar-refractivity contribution >= 4 is 23.7 Å². The molecule has 2 atom stereocenters. The molecule has 3 amide bonds. The van der Waals surface area contributed by atoms with E-state index in [1.165, 1.54) is 0 Å². The lowest BCUT2D eigenvalue weighted by Gasteiger charge is -2.14. The van der Waals surface area contributed by atoms with Crippen molar-refractivity contribution in [3.63, 3.8) is 0 Å². The van der Waals surface area contributed by atoms with Crippen molar-refractivity contribution in [3.05, 3.63) is 35.9 Å². The Labute approximate surface area is 172 Å². The predicted molar refractivity (Wildman–Crippen MR) is 102 cm³/mol. The van der Waals surface area contributed by atoms with Crippen LogP contribution in [0, 0.1) is 11.8 Å². The third-order valence-corrected chi connectivity index (χ3v) is 5.43. The minimum Gasteiger partial charge on any atom is -0.456 e. The molecule has 2 unspecified atom stereocenters. The normalized spacial score (nSPS) is 21.5. The van der Waals surface area contributed by atoms with E-state index in [4.69, 9.17) is 14.2 Å². The first-order valence-corrected chi connectivity index (χ1v) is 9.84. The van der Waals surface area contributed by atoms with Crippen LogP contribution < -0.4 is 14.8 Å². The smallest absolute Gasteiger partial charge is 0.308 e. The number of imide groups is 1. The Hall–Kier alpha value is -3.36. The van der Waals surface area contributed by atoms with Crippen LogP contribution in [0.2, 0.25) is 0 Å². The highest BCUT2D eigenvalue weighted by Crippen LogP contribution is 2.35. The molecule has 2 aliphatic heterocycles. The maximum Gasteiger partial charge on any atom is 0.308 e. The van der Waals surface area contributed by atoms with Crippen LogP contribution in [0.3, 0.4) is 0 Å². The van der Waals surface area contributed by atoms with Gasteiger partial charge in [0, 0.05) is 13.1 Å². The molecule has 1 aliphatic carbocycles. The summed E-state index contributed by atoms with van der Waals surface area (Å²) >= 11 is 0. The van der Waals surface area contributed by atoms with Crippen LogP contribution in [-0.4, -0.2) is 48.5 Å². The molecule has 9 nitrogen and oxygen atoms in total. The van der Waals surface area contributed by atoms with Gasteiger partial charge in [0.2, 0.25) is 18.6 Å². The van der Waals surface area contributed by atoms with Crippen LogP contribution in [0.15, 0.2) is 30.4 Å². The van der Waals surface area contributed by atoms with Crippen molar-refractivity contribution in [3.8, 4) is 11.5 Å². The topological polar surface area (TPSA) is 111 Å². The zero-order chi connectivity index (χ0) is 21.1. The number of allylic oxidation sites excluding steroid dienone is 2. The van der Waals surface area contributed by atoms with E-state index in [0.717, 1.165) is 10.5 Å². The standard InChI is InChI=1S/C21H22N2O7/c24-18(22-10-13-5-6-16-17(9-13)30-12-29-16)11-28-19(25)7-8-23-20(26)14-3-1-2-4-15(14)21(23)27/h1-2,5-6,9,14-15H,3-4,7-8,10-12H2,(H,22,24). The van der Waals surface area contributed by atoms with Crippen molar-refractivity contribution < 1.29 is 33.4 Å². The van der Waals surface area contributed by atoms with Gasteiger partial charge in [0.05, 0.1) is 18.3 Å². The molecular weight excluding hydrogens is 392 g/mol. The third-order valence-electron chi connectivity index (χ3n) is 5.43. The summed E-state index contributed by atoms with van der Waals surface area (Å²) in [5.74, 6) is -0.916. The highest BCUT2D eigenvalue weighted by molar-refractivity contribution is 6.05. The first-order chi connectivity index (χ1) is 14.5. The zero-order valence-electron chi connectivity index (χ0n) is 16.3. The number of hydrogen-bond acceptors (Lipinski definition) is 7. The summed E-state index contributed by atoms with van der Waals surface area (Å²) in [7, 11) is 0. The molecule has 3 aliphatic rings. The fourth-order valence-electron chi connectivity index (χ4n) is 3.81. The van der Waals surface area contributed by atoms with Gasteiger partial charge >= 0.3 is 5.97 Å². The number of ether oxygens (including phenoxy) is 3. The number of carbonyl (C=O) groups excluding carboxylic acids is 4. The van der Waals surface area contributed by atoms with E-state index in [1.807, 2.05) is 12.2 Å². The van der Waals surface area contributed by atoms with Crippen molar-refractivity contribution in [2.24, 2.45) is 11.8 Å². The fraction of sp³-hybridized carbons (Fsp3) is 0.429. The number of nitrogens with zero attached hydrogens (tertiary/aromatic N) is 1. The number of amides is 3. The van der Waals surface area contributed by atoms with Crippen LogP contribution in [0.5, 0.6) is 11.5 Å². The predicted octanol–water partition coefficient (Wildman–Crippen LogP) is 0.916. The van der Waals surface area contributed by atoms with Gasteiger partial charge < -0.3 is 19.5 Å². The maximum atomic E-state index is 12.4. The molecule has 0 bridgehead atoms. The molecule has 9 heteroatoms. The Balaban J connectivity index is 1.17. The van der Waals surface area contributed by atoms with E-state index in [9.17, 15) is 19.2 Å². The highest BCUT2D eigenvalue weighted by Gasteiger charge is 2.46. The minimum absolute atomic E-state index is 0.0255. The molecule has 158 valence electrons. The first kappa shape index (κ1) is 19.9. The van der Waals surface area contributed by atoms with Crippen LogP contribution in [0.4, 0.5) is 0 Å². The van der Waals surface area contributed by atoms with Gasteiger partial charge in [-0.25, -0.2) is 0 Å². The number of carbonyl (C=O) groups is 4. The van der Waals surface area contributed by atoms with E-state index in [0.29, 0.717) is 24.3 Å². The van der Waals surface area contributed by atoms with E-state index in [1.54, 1.807) is 18.2 Å². The van der Waals surface area contributed by atoms with Crippen molar-refractivity contribution in [1.29, 1.82) is 0 Å². The van der Waals surface area contributed by atoms with Crippen molar-refractivity contribution in [1.82, 2.24) is 10.2 Å². The van der Waals surface area contributed by atoms with Gasteiger partial charge in [0.1, 0.15) is 0 Å². The number of likely N-dealkylation sites (tertiary alicyclic amines) is 1. The average Bonchev–Trinajstić information content (AvgIpc) is 3.32. The Morgan fingerprint density at radius 3 is 2.50 bits per heavy atom. The van der Waals surface area contributed by atoms with Crippen LogP contribution in [0.25, 0.3) is 0 Å². The monoisotopic (exact) mass is 414 g/mol. The SMILES string of the molecule is O=C(COC(=O)CCN1C(=O)C2CC=CCC2C1=O)NCc1ccc2c(c1)OCO2. The molecule has 0 aromatic heterocycles. The van der Waals surface area contributed by atoms with Gasteiger partial charge in [-0.3, -0.25) is 24.1 Å². The summed E-state index contributed by atoms with van der Waals surface area (Å²) in [5.41, 5.74) is 0.820. The van der Waals surface area contributed by atoms with Gasteiger partial charge in [-0.15, -0.1) is 0 Å². The van der Waals surface area contributed by atoms with Gasteiger partial charge in [0.15, 0.2) is 18.1 Å². The minimum atomic E-state index is -0.637. The number of hydrogen-bond donors (Lipinski definition) is 1. The quantitative estimate of drug-likeness (QED) is 0.401. The molecule has 1 saturated heterocycles. The number of rotatable bonds is 7. The van der Waals surface area contributed by atoms with Gasteiger partial charge in [-0.2, -0.15) is 0 Å². The van der Waals surface area contributed by atoms with Crippen molar-refractivity contribution in [2.45, 2.75) is 25.8 Å². The van der Waals surface area contributed by atoms with E-state index in [-0.39, 0.29) is 50.0 Å². The number of fused-ring (bicyclic) bond motifs is 2. The second-order valence-electron chi connectivity index (χ2n) is 7.36. The fourth-order valence-corrected chi connectivity index (χ4v) is 3.81. The largest absolute Gasteiger partial charge is 0.456 e. The summed E-state index contributed by atoms with van der Waals surface area (Å²) in [6.45, 7) is -0.0305. The summed E-state index contributed by atoms with van der Waals surface area (Å²) in [5, 5.41) is 2.65. The lowest BCUT2D eigenvalue weighted by Crippen LogP contribution is -2.34. The molecule has 1 fully saturated rings. The van der Waals surface area contributed by atoms with Gasteiger partial charge in [-0.1, -0.05) is 18.2 Å². The summed E-state index contributed by atoms with van der Waals surface area (Å²) in [4.78, 5) is 49.7. The molecule has 1 N–H and O–H groups in total. The Morgan fingerprint density at radius 2 is 1.77 bits per heavy atom. The lowest BCUT2D eigenvalue weighted by molar-refractivity contribution is -0.150. The number of benzene rings is 1. The highest BCUT2D eigenvalue weighted by atomic mass is 16.7. The molecule has 4 rings (SSSR count). The van der Waals surface area contributed by atoms with Crippen molar-refractivity contribution in [2.75, 3.05) is 19.9 Å². The van der Waals surface area contributed by atoms with Gasteiger partial charge in [0.25, 0.3) is 5.91 Å². The van der Waals surface area contributed by atoms with Crippen LogP contribution in [-0.2, 0) is 30.5 Å². The lowest BCUT2D eigenvalue weighted by atomic mass is 9.85. The number of esters is 1. The Morgan fingerprint density at radius 1 is 1.07 bits per heavy atom. The van der Waals surface area contributed by atoms with Crippen LogP contribution in [0.1, 0.15) is 24.8 Å². The van der Waals surface area contributed by atoms with E-state index in [2.05, 4.69) is 5.32 Å². The Kier molecular flexibility index (Phi) is 5.69. The summed E-state index contributed by atoms with van der Waals surface area (Å²) < 4.78 is 15.5. The third kappa shape index (κ3) is 4.14. The van der Waals surface area contributed by atoms with Gasteiger partial charge in [-0.05, 0) is 30.5 Å². The van der Waals surface area contributed by atoms with E-state index < -0.39 is 18.5 Å². The molecule has 0 radical (unpaired) electrons. The second kappa shape index (κ2) is 8.56. The second-order valence-corrected chi connectivity index (χ2v) is 7.36. The molecular formula is C21H22N2O7. The average molecular weight is 414 g/mol. The summed E-state index contributed by atoms with van der Waals surface area (Å²) in [6.07, 6.45) is 4.79. The molecule has 1 aromatic carbocycles. The molecule has 0 saturated carbocycles. The molecule has 2 heterocycles. The molecule has 30 heavy (non-hydrogen) atoms. The Bertz CT molecular complexity index is 885. The zero-order valence-corrected chi connectivity index (χ0v) is 16.3. The molecule has 1 aromatic rings. The van der Waals surface area contributed by atoms with E-state index >= 15 is 0 Å². The molecule has 0 spiro atoms. The number of nitrogens with one attached hydrogen (secondary N) is 1.